The second-order valence-electron chi connectivity index (χ2n) is 6.50. The van der Waals surface area contributed by atoms with Crippen LogP contribution in [0.25, 0.3) is 11.0 Å². The molecular formula is C19H22N4O3. The molecule has 0 bridgehead atoms. The molecule has 0 spiro atoms. The van der Waals surface area contributed by atoms with Gasteiger partial charge in [-0.3, -0.25) is 25.1 Å². The molecule has 3 rings (SSSR count). The molecule has 0 fully saturated rings. The van der Waals surface area contributed by atoms with Crippen molar-refractivity contribution in [2.45, 2.75) is 40.7 Å². The average molecular weight is 354 g/mol. The third-order valence-electron chi connectivity index (χ3n) is 4.43. The van der Waals surface area contributed by atoms with Gasteiger partial charge in [0.15, 0.2) is 0 Å². The first-order valence-electron chi connectivity index (χ1n) is 8.40. The lowest BCUT2D eigenvalue weighted by atomic mass is 10.0. The zero-order valence-corrected chi connectivity index (χ0v) is 15.3. The van der Waals surface area contributed by atoms with Gasteiger partial charge in [-0.25, -0.2) is 0 Å². The zero-order chi connectivity index (χ0) is 18.8. The van der Waals surface area contributed by atoms with Crippen LogP contribution < -0.4 is 10.9 Å². The molecule has 0 aliphatic heterocycles. The van der Waals surface area contributed by atoms with E-state index >= 15 is 0 Å². The van der Waals surface area contributed by atoms with Crippen molar-refractivity contribution in [3.8, 4) is 0 Å². The maximum atomic E-state index is 12.1. The van der Waals surface area contributed by atoms with Gasteiger partial charge in [-0.1, -0.05) is 12.1 Å². The summed E-state index contributed by atoms with van der Waals surface area (Å²) in [5.74, 6) is -0.652. The number of aromatic nitrogens is 2. The second-order valence-corrected chi connectivity index (χ2v) is 6.50. The fraction of sp³-hybridized carbons (Fsp3) is 0.316. The minimum atomic E-state index is -0.340. The summed E-state index contributed by atoms with van der Waals surface area (Å²) < 4.78 is 7.19. The lowest BCUT2D eigenvalue weighted by molar-refractivity contribution is -0.129. The number of hydrogen-bond donors (Lipinski definition) is 2. The van der Waals surface area contributed by atoms with Crippen LogP contribution in [0, 0.1) is 27.7 Å². The predicted molar refractivity (Wildman–Crippen MR) is 97.4 cm³/mol. The van der Waals surface area contributed by atoms with Crippen LogP contribution in [0.15, 0.2) is 28.9 Å². The quantitative estimate of drug-likeness (QED) is 0.703. The maximum absolute atomic E-state index is 12.1. The van der Waals surface area contributed by atoms with Gasteiger partial charge in [-0.15, -0.1) is 0 Å². The van der Waals surface area contributed by atoms with Crippen LogP contribution in [0.5, 0.6) is 0 Å². The fourth-order valence-electron chi connectivity index (χ4n) is 2.89. The van der Waals surface area contributed by atoms with Crippen molar-refractivity contribution in [1.29, 1.82) is 0 Å². The number of benzene rings is 1. The summed E-state index contributed by atoms with van der Waals surface area (Å²) in [5.41, 5.74) is 10.4. The van der Waals surface area contributed by atoms with Crippen LogP contribution in [-0.2, 0) is 22.6 Å². The SMILES string of the molecule is Cc1cc(C)n(CC(=O)NNC(=O)Cc2coc3c(C)c(C)ccc23)n1. The molecule has 2 amide bonds. The highest BCUT2D eigenvalue weighted by molar-refractivity contribution is 5.90. The highest BCUT2D eigenvalue weighted by Crippen LogP contribution is 2.26. The Bertz CT molecular complexity index is 984. The Hall–Kier alpha value is -3.09. The number of fused-ring (bicyclic) bond motifs is 1. The molecule has 2 N–H and O–H groups in total. The highest BCUT2D eigenvalue weighted by Gasteiger charge is 2.14. The van der Waals surface area contributed by atoms with Crippen molar-refractivity contribution in [2.75, 3.05) is 0 Å². The minimum absolute atomic E-state index is 0.0487. The molecule has 136 valence electrons. The van der Waals surface area contributed by atoms with Gasteiger partial charge in [0.2, 0.25) is 5.91 Å². The van der Waals surface area contributed by atoms with Gasteiger partial charge in [-0.2, -0.15) is 5.10 Å². The van der Waals surface area contributed by atoms with Crippen molar-refractivity contribution in [3.63, 3.8) is 0 Å². The van der Waals surface area contributed by atoms with Crippen LogP contribution in [0.2, 0.25) is 0 Å². The fourth-order valence-corrected chi connectivity index (χ4v) is 2.89. The summed E-state index contributed by atoms with van der Waals surface area (Å²) in [6.07, 6.45) is 1.71. The van der Waals surface area contributed by atoms with Gasteiger partial charge >= 0.3 is 0 Å². The number of carbonyl (C=O) groups is 2. The maximum Gasteiger partial charge on any atom is 0.260 e. The molecule has 7 nitrogen and oxygen atoms in total. The predicted octanol–water partition coefficient (Wildman–Crippen LogP) is 2.25. The first kappa shape index (κ1) is 17.7. The molecule has 0 unspecified atom stereocenters. The van der Waals surface area contributed by atoms with E-state index in [0.29, 0.717) is 0 Å². The molecule has 7 heteroatoms. The van der Waals surface area contributed by atoms with Crippen LogP contribution in [0.4, 0.5) is 0 Å². The molecule has 2 heterocycles. The number of hydrazine groups is 1. The van der Waals surface area contributed by atoms with Crippen LogP contribution in [-0.4, -0.2) is 21.6 Å². The summed E-state index contributed by atoms with van der Waals surface area (Å²) in [6, 6.07) is 5.84. The normalized spacial score (nSPS) is 10.9. The number of furan rings is 1. The number of carbonyl (C=O) groups excluding carboxylic acids is 2. The standard InChI is InChI=1S/C19H22N4O3/c1-11-5-6-16-15(10-26-19(16)14(11)4)8-17(24)20-21-18(25)9-23-13(3)7-12(2)22-23/h5-7,10H,8-9H2,1-4H3,(H,20,24)(H,21,25). The lowest BCUT2D eigenvalue weighted by Crippen LogP contribution is -2.44. The van der Waals surface area contributed by atoms with Crippen molar-refractivity contribution in [1.82, 2.24) is 20.6 Å². The van der Waals surface area contributed by atoms with Crippen LogP contribution in [0.1, 0.15) is 28.1 Å². The van der Waals surface area contributed by atoms with Crippen molar-refractivity contribution < 1.29 is 14.0 Å². The minimum Gasteiger partial charge on any atom is -0.464 e. The van der Waals surface area contributed by atoms with Gasteiger partial charge in [0, 0.05) is 16.6 Å². The van der Waals surface area contributed by atoms with Gasteiger partial charge in [0.1, 0.15) is 12.1 Å². The number of nitrogens with zero attached hydrogens (tertiary/aromatic N) is 2. The molecular weight excluding hydrogens is 332 g/mol. The average Bonchev–Trinajstić information content (AvgIpc) is 3.12. The monoisotopic (exact) mass is 354 g/mol. The Morgan fingerprint density at radius 3 is 2.54 bits per heavy atom. The zero-order valence-electron chi connectivity index (χ0n) is 15.3. The second kappa shape index (κ2) is 7.03. The third-order valence-corrected chi connectivity index (χ3v) is 4.43. The number of rotatable bonds is 4. The van der Waals surface area contributed by atoms with E-state index in [2.05, 4.69) is 16.0 Å². The third kappa shape index (κ3) is 3.61. The Balaban J connectivity index is 1.58. The Morgan fingerprint density at radius 2 is 1.85 bits per heavy atom. The summed E-state index contributed by atoms with van der Waals surface area (Å²) in [5, 5.41) is 5.13. The number of aryl methyl sites for hydroxylation is 4. The molecule has 0 saturated heterocycles. The molecule has 26 heavy (non-hydrogen) atoms. The van der Waals surface area contributed by atoms with Crippen LogP contribution in [0.3, 0.4) is 0 Å². The summed E-state index contributed by atoms with van der Waals surface area (Å²) >= 11 is 0. The molecule has 0 aliphatic carbocycles. The van der Waals surface area contributed by atoms with Crippen molar-refractivity contribution in [2.24, 2.45) is 0 Å². The Labute approximate surface area is 151 Å². The smallest absolute Gasteiger partial charge is 0.260 e. The van der Waals surface area contributed by atoms with E-state index in [0.717, 1.165) is 39.0 Å². The van der Waals surface area contributed by atoms with E-state index in [1.54, 1.807) is 10.9 Å². The molecule has 0 atom stereocenters. The lowest BCUT2D eigenvalue weighted by Gasteiger charge is -2.08. The molecule has 2 aromatic heterocycles. The Morgan fingerprint density at radius 1 is 1.12 bits per heavy atom. The van der Waals surface area contributed by atoms with Gasteiger partial charge in [0.05, 0.1) is 18.4 Å². The van der Waals surface area contributed by atoms with Crippen molar-refractivity contribution in [3.05, 3.63) is 52.5 Å². The van der Waals surface area contributed by atoms with Gasteiger partial charge < -0.3 is 4.42 Å². The summed E-state index contributed by atoms with van der Waals surface area (Å²) in [6.45, 7) is 7.79. The van der Waals surface area contributed by atoms with Gasteiger partial charge in [0.25, 0.3) is 5.91 Å². The number of hydrogen-bond acceptors (Lipinski definition) is 4. The van der Waals surface area contributed by atoms with E-state index in [1.807, 2.05) is 45.9 Å². The van der Waals surface area contributed by atoms with Gasteiger partial charge in [-0.05, 0) is 44.9 Å². The largest absolute Gasteiger partial charge is 0.464 e. The summed E-state index contributed by atoms with van der Waals surface area (Å²) in [7, 11) is 0. The van der Waals surface area contributed by atoms with E-state index in [9.17, 15) is 9.59 Å². The highest BCUT2D eigenvalue weighted by atomic mass is 16.3. The van der Waals surface area contributed by atoms with E-state index < -0.39 is 0 Å². The first-order chi connectivity index (χ1) is 12.3. The number of amides is 2. The van der Waals surface area contributed by atoms with Crippen molar-refractivity contribution >= 4 is 22.8 Å². The van der Waals surface area contributed by atoms with Crippen LogP contribution >= 0.6 is 0 Å². The van der Waals surface area contributed by atoms with E-state index in [1.165, 1.54) is 0 Å². The molecule has 0 aliphatic rings. The van der Waals surface area contributed by atoms with E-state index in [-0.39, 0.29) is 24.8 Å². The number of nitrogens with one attached hydrogen (secondary N) is 2. The molecule has 0 radical (unpaired) electrons. The summed E-state index contributed by atoms with van der Waals surface area (Å²) in [4.78, 5) is 24.1. The Kier molecular flexibility index (Phi) is 4.79. The van der Waals surface area contributed by atoms with E-state index in [4.69, 9.17) is 4.42 Å². The molecule has 1 aromatic carbocycles. The first-order valence-corrected chi connectivity index (χ1v) is 8.40. The molecule has 3 aromatic rings. The topological polar surface area (TPSA) is 89.2 Å². The molecule has 0 saturated carbocycles.